The topological polar surface area (TPSA) is 42.4 Å². The second-order valence-corrected chi connectivity index (χ2v) is 5.16. The summed E-state index contributed by atoms with van der Waals surface area (Å²) in [5.74, 6) is 0.191. The Bertz CT molecular complexity index is 564. The molecule has 0 aliphatic carbocycles. The van der Waals surface area contributed by atoms with Crippen LogP contribution in [-0.2, 0) is 4.74 Å². The first-order valence-electron chi connectivity index (χ1n) is 6.93. The van der Waals surface area contributed by atoms with Crippen molar-refractivity contribution in [2.45, 2.75) is 32.0 Å². The van der Waals surface area contributed by atoms with Crippen molar-refractivity contribution in [1.29, 1.82) is 0 Å². The molecule has 3 heteroatoms. The molecule has 1 saturated heterocycles. The van der Waals surface area contributed by atoms with E-state index in [4.69, 9.17) is 4.74 Å². The largest absolute Gasteiger partial charge is 0.388 e. The van der Waals surface area contributed by atoms with Gasteiger partial charge in [0.1, 0.15) is 0 Å². The summed E-state index contributed by atoms with van der Waals surface area (Å²) in [4.78, 5) is 4.18. The summed E-state index contributed by atoms with van der Waals surface area (Å²) in [6.45, 7) is 2.86. The van der Waals surface area contributed by atoms with Gasteiger partial charge in [0.05, 0.1) is 12.2 Å². The van der Waals surface area contributed by atoms with Gasteiger partial charge in [0.25, 0.3) is 0 Å². The van der Waals surface area contributed by atoms with Crippen LogP contribution in [-0.4, -0.2) is 22.8 Å². The second kappa shape index (κ2) is 5.27. The molecular formula is C16H19NO2. The molecule has 2 heterocycles. The third-order valence-electron chi connectivity index (χ3n) is 4.10. The number of fused-ring (bicyclic) bond motifs is 1. The normalized spacial score (nSPS) is 24.7. The third kappa shape index (κ3) is 2.24. The SMILES string of the molecule is CCC1OCCC1C(O)c1cccc2ccncc12. The molecule has 2 aromatic rings. The molecule has 3 nitrogen and oxygen atoms in total. The molecule has 100 valence electrons. The lowest BCUT2D eigenvalue weighted by atomic mass is 9.87. The summed E-state index contributed by atoms with van der Waals surface area (Å²) in [6.07, 6.45) is 5.19. The van der Waals surface area contributed by atoms with Crippen LogP contribution in [0.25, 0.3) is 10.8 Å². The predicted octanol–water partition coefficient (Wildman–Crippen LogP) is 3.08. The Hall–Kier alpha value is -1.45. The standard InChI is InChI=1S/C16H19NO2/c1-2-15-13(7-9-19-15)16(18)12-5-3-4-11-6-8-17-10-14(11)12/h3-6,8,10,13,15-16,18H,2,7,9H2,1H3. The van der Waals surface area contributed by atoms with Crippen molar-refractivity contribution >= 4 is 10.8 Å². The lowest BCUT2D eigenvalue weighted by molar-refractivity contribution is 0.0313. The van der Waals surface area contributed by atoms with Crippen molar-refractivity contribution in [3.05, 3.63) is 42.2 Å². The highest BCUT2D eigenvalue weighted by Gasteiger charge is 2.33. The van der Waals surface area contributed by atoms with Crippen molar-refractivity contribution in [2.75, 3.05) is 6.61 Å². The Labute approximate surface area is 113 Å². The number of rotatable bonds is 3. The minimum atomic E-state index is -0.472. The molecule has 1 aromatic heterocycles. The average molecular weight is 257 g/mol. The lowest BCUT2D eigenvalue weighted by Gasteiger charge is -2.24. The Morgan fingerprint density at radius 1 is 1.42 bits per heavy atom. The van der Waals surface area contributed by atoms with Crippen molar-refractivity contribution < 1.29 is 9.84 Å². The van der Waals surface area contributed by atoms with Crippen LogP contribution < -0.4 is 0 Å². The summed E-state index contributed by atoms with van der Waals surface area (Å²) in [5.41, 5.74) is 0.972. The molecule has 0 bridgehead atoms. The highest BCUT2D eigenvalue weighted by atomic mass is 16.5. The number of ether oxygens (including phenoxy) is 1. The van der Waals surface area contributed by atoms with Gasteiger partial charge in [-0.2, -0.15) is 0 Å². The molecule has 3 rings (SSSR count). The Balaban J connectivity index is 1.99. The van der Waals surface area contributed by atoms with E-state index in [0.717, 1.165) is 35.8 Å². The fraction of sp³-hybridized carbons (Fsp3) is 0.438. The number of hydrogen-bond donors (Lipinski definition) is 1. The fourth-order valence-corrected chi connectivity index (χ4v) is 3.07. The van der Waals surface area contributed by atoms with Crippen LogP contribution in [0, 0.1) is 5.92 Å². The van der Waals surface area contributed by atoms with Crippen LogP contribution in [0.4, 0.5) is 0 Å². The van der Waals surface area contributed by atoms with Crippen LogP contribution in [0.2, 0.25) is 0 Å². The number of hydrogen-bond acceptors (Lipinski definition) is 3. The zero-order valence-electron chi connectivity index (χ0n) is 11.1. The van der Waals surface area contributed by atoms with E-state index in [9.17, 15) is 5.11 Å². The van der Waals surface area contributed by atoms with Gasteiger partial charge in [0.2, 0.25) is 0 Å². The monoisotopic (exact) mass is 257 g/mol. The van der Waals surface area contributed by atoms with E-state index in [1.165, 1.54) is 0 Å². The van der Waals surface area contributed by atoms with Gasteiger partial charge in [-0.1, -0.05) is 25.1 Å². The molecule has 0 radical (unpaired) electrons. The van der Waals surface area contributed by atoms with E-state index in [1.54, 1.807) is 6.20 Å². The number of pyridine rings is 1. The molecule has 1 aliphatic rings. The van der Waals surface area contributed by atoms with Gasteiger partial charge in [-0.05, 0) is 29.9 Å². The number of aliphatic hydroxyl groups excluding tert-OH is 1. The second-order valence-electron chi connectivity index (χ2n) is 5.16. The summed E-state index contributed by atoms with van der Waals surface area (Å²) in [7, 11) is 0. The predicted molar refractivity (Wildman–Crippen MR) is 74.8 cm³/mol. The van der Waals surface area contributed by atoms with Gasteiger partial charge in [0, 0.05) is 30.3 Å². The molecule has 3 unspecified atom stereocenters. The van der Waals surface area contributed by atoms with E-state index in [0.29, 0.717) is 0 Å². The molecule has 0 saturated carbocycles. The maximum absolute atomic E-state index is 10.7. The summed E-state index contributed by atoms with van der Waals surface area (Å²) in [5, 5.41) is 12.9. The molecule has 1 aliphatic heterocycles. The molecule has 1 N–H and O–H groups in total. The van der Waals surface area contributed by atoms with Gasteiger partial charge in [-0.15, -0.1) is 0 Å². The molecule has 19 heavy (non-hydrogen) atoms. The third-order valence-corrected chi connectivity index (χ3v) is 4.10. The summed E-state index contributed by atoms with van der Waals surface area (Å²) < 4.78 is 5.69. The van der Waals surface area contributed by atoms with E-state index in [2.05, 4.69) is 18.0 Å². The van der Waals surface area contributed by atoms with E-state index < -0.39 is 6.10 Å². The molecule has 0 spiro atoms. The summed E-state index contributed by atoms with van der Waals surface area (Å²) in [6, 6.07) is 8.03. The highest BCUT2D eigenvalue weighted by molar-refractivity contribution is 5.85. The van der Waals surface area contributed by atoms with Crippen molar-refractivity contribution in [3.8, 4) is 0 Å². The van der Waals surface area contributed by atoms with Gasteiger partial charge in [-0.3, -0.25) is 4.98 Å². The quantitative estimate of drug-likeness (QED) is 0.918. The van der Waals surface area contributed by atoms with Crippen LogP contribution >= 0.6 is 0 Å². The molecule has 3 atom stereocenters. The fourth-order valence-electron chi connectivity index (χ4n) is 3.07. The smallest absolute Gasteiger partial charge is 0.0850 e. The van der Waals surface area contributed by atoms with Crippen molar-refractivity contribution in [3.63, 3.8) is 0 Å². The maximum Gasteiger partial charge on any atom is 0.0850 e. The number of aromatic nitrogens is 1. The number of benzene rings is 1. The summed E-state index contributed by atoms with van der Waals surface area (Å²) >= 11 is 0. The van der Waals surface area contributed by atoms with Crippen LogP contribution in [0.5, 0.6) is 0 Å². The molecular weight excluding hydrogens is 238 g/mol. The average Bonchev–Trinajstić information content (AvgIpc) is 2.94. The van der Waals surface area contributed by atoms with Gasteiger partial charge in [0.15, 0.2) is 0 Å². The van der Waals surface area contributed by atoms with Crippen molar-refractivity contribution in [1.82, 2.24) is 4.98 Å². The van der Waals surface area contributed by atoms with E-state index in [1.807, 2.05) is 24.4 Å². The van der Waals surface area contributed by atoms with Crippen LogP contribution in [0.1, 0.15) is 31.4 Å². The number of nitrogens with zero attached hydrogens (tertiary/aromatic N) is 1. The Kier molecular flexibility index (Phi) is 3.49. The van der Waals surface area contributed by atoms with Crippen LogP contribution in [0.15, 0.2) is 36.7 Å². The minimum absolute atomic E-state index is 0.168. The number of aliphatic hydroxyl groups is 1. The first kappa shape index (κ1) is 12.6. The van der Waals surface area contributed by atoms with Crippen LogP contribution in [0.3, 0.4) is 0 Å². The highest BCUT2D eigenvalue weighted by Crippen LogP contribution is 2.37. The molecule has 1 aromatic carbocycles. The Morgan fingerprint density at radius 2 is 2.32 bits per heavy atom. The van der Waals surface area contributed by atoms with Gasteiger partial charge < -0.3 is 9.84 Å². The minimum Gasteiger partial charge on any atom is -0.388 e. The zero-order chi connectivity index (χ0) is 13.2. The zero-order valence-corrected chi connectivity index (χ0v) is 11.1. The van der Waals surface area contributed by atoms with E-state index in [-0.39, 0.29) is 12.0 Å². The van der Waals surface area contributed by atoms with Gasteiger partial charge in [-0.25, -0.2) is 0 Å². The van der Waals surface area contributed by atoms with Gasteiger partial charge >= 0.3 is 0 Å². The first-order valence-corrected chi connectivity index (χ1v) is 6.93. The Morgan fingerprint density at radius 3 is 3.16 bits per heavy atom. The lowest BCUT2D eigenvalue weighted by Crippen LogP contribution is -2.22. The van der Waals surface area contributed by atoms with E-state index >= 15 is 0 Å². The first-order chi connectivity index (χ1) is 9.31. The van der Waals surface area contributed by atoms with Crippen molar-refractivity contribution in [2.24, 2.45) is 5.92 Å². The molecule has 1 fully saturated rings. The maximum atomic E-state index is 10.7. The molecule has 0 amide bonds.